The molecule has 3 aromatic rings. The first kappa shape index (κ1) is 29.6. The molecule has 0 amide bonds. The number of nitrogens with zero attached hydrogens (tertiary/aromatic N) is 3. The predicted octanol–water partition coefficient (Wildman–Crippen LogP) is 4.89. The number of rotatable bonds is 8. The number of non-ortho nitro benzene ring substituents is 1. The Labute approximate surface area is 251 Å². The van der Waals surface area contributed by atoms with Gasteiger partial charge in [-0.25, -0.2) is 4.79 Å². The first-order valence-corrected chi connectivity index (χ1v) is 14.7. The highest BCUT2D eigenvalue weighted by atomic mass is 32.1. The summed E-state index contributed by atoms with van der Waals surface area (Å²) < 4.78 is 10.8. The van der Waals surface area contributed by atoms with Crippen molar-refractivity contribution >= 4 is 40.4 Å². The van der Waals surface area contributed by atoms with Crippen molar-refractivity contribution in [3.8, 4) is 0 Å². The quantitative estimate of drug-likeness (QED) is 0.163. The number of allylic oxidation sites excluding steroid dienone is 2. The van der Waals surface area contributed by atoms with Gasteiger partial charge in [-0.15, -0.1) is 11.3 Å². The standard InChI is InChI=1S/C31H30N4O7S/c1-4-41-30(37)25-20(23-9-7-13-43-23)15-22-26(28(25)36)24(18-8-6-12-33-16-18)27(31(38)42-5-2)29(32)34(22)21-14-19(35(39)40)11-10-17(21)3/h6-14,16,20,24-25H,4-5,15,32H2,1-3H3/t20-,24+,25+/m0/s1. The number of nitro benzene ring substituents is 1. The minimum atomic E-state index is -1.19. The summed E-state index contributed by atoms with van der Waals surface area (Å²) >= 11 is 1.41. The zero-order valence-electron chi connectivity index (χ0n) is 23.8. The number of nitrogens with two attached hydrogens (primary N) is 1. The molecule has 3 heterocycles. The molecule has 3 atom stereocenters. The number of carbonyl (C=O) groups is 3. The van der Waals surface area contributed by atoms with Gasteiger partial charge in [0.25, 0.3) is 5.69 Å². The summed E-state index contributed by atoms with van der Waals surface area (Å²) in [5.41, 5.74) is 8.69. The highest BCUT2D eigenvalue weighted by molar-refractivity contribution is 7.10. The Morgan fingerprint density at radius 2 is 1.93 bits per heavy atom. The van der Waals surface area contributed by atoms with Crippen LogP contribution >= 0.6 is 11.3 Å². The molecular weight excluding hydrogens is 572 g/mol. The van der Waals surface area contributed by atoms with Gasteiger partial charge in [0.2, 0.25) is 0 Å². The lowest BCUT2D eigenvalue weighted by molar-refractivity contribution is -0.384. The second-order valence-electron chi connectivity index (χ2n) is 10.1. The molecule has 0 fully saturated rings. The molecule has 2 aromatic heterocycles. The number of ether oxygens (including phenoxy) is 2. The van der Waals surface area contributed by atoms with Crippen LogP contribution in [0.3, 0.4) is 0 Å². The van der Waals surface area contributed by atoms with Crippen molar-refractivity contribution in [1.29, 1.82) is 0 Å². The number of nitro groups is 1. The number of aryl methyl sites for hydroxylation is 1. The minimum Gasteiger partial charge on any atom is -0.465 e. The van der Waals surface area contributed by atoms with Crippen molar-refractivity contribution in [2.45, 2.75) is 39.0 Å². The number of hydrogen-bond donors (Lipinski definition) is 1. The van der Waals surface area contributed by atoms with Gasteiger partial charge < -0.3 is 15.2 Å². The van der Waals surface area contributed by atoms with E-state index in [2.05, 4.69) is 4.98 Å². The third-order valence-corrected chi connectivity index (χ3v) is 8.65. The first-order chi connectivity index (χ1) is 20.7. The Hall–Kier alpha value is -4.84. The number of anilines is 1. The van der Waals surface area contributed by atoms with Crippen LogP contribution in [0.25, 0.3) is 0 Å². The van der Waals surface area contributed by atoms with Crippen molar-refractivity contribution < 1.29 is 28.8 Å². The van der Waals surface area contributed by atoms with E-state index >= 15 is 0 Å². The van der Waals surface area contributed by atoms with E-state index in [0.29, 0.717) is 22.5 Å². The molecule has 12 heteroatoms. The summed E-state index contributed by atoms with van der Waals surface area (Å²) in [7, 11) is 0. The van der Waals surface area contributed by atoms with Crippen molar-refractivity contribution in [1.82, 2.24) is 4.98 Å². The number of hydrogen-bond acceptors (Lipinski definition) is 11. The van der Waals surface area contributed by atoms with Crippen LogP contribution in [0.1, 0.15) is 48.1 Å². The molecule has 2 aliphatic rings. The lowest BCUT2D eigenvalue weighted by Crippen LogP contribution is -2.46. The number of benzene rings is 1. The van der Waals surface area contributed by atoms with Crippen LogP contribution in [-0.4, -0.2) is 40.8 Å². The fourth-order valence-corrected chi connectivity index (χ4v) is 6.68. The molecule has 0 saturated carbocycles. The number of ketones is 1. The summed E-state index contributed by atoms with van der Waals surface area (Å²) in [6.07, 6.45) is 3.27. The molecular formula is C31H30N4O7S. The molecule has 11 nitrogen and oxygen atoms in total. The van der Waals surface area contributed by atoms with Crippen molar-refractivity contribution in [2.24, 2.45) is 11.7 Å². The molecule has 0 unspecified atom stereocenters. The van der Waals surface area contributed by atoms with Gasteiger partial charge in [0.1, 0.15) is 11.7 Å². The fourth-order valence-electron chi connectivity index (χ4n) is 5.82. The molecule has 5 rings (SSSR count). The number of pyridine rings is 1. The van der Waals surface area contributed by atoms with Crippen molar-refractivity contribution in [3.63, 3.8) is 0 Å². The summed E-state index contributed by atoms with van der Waals surface area (Å²) in [5.74, 6) is -4.76. The zero-order valence-corrected chi connectivity index (χ0v) is 24.6. The predicted molar refractivity (Wildman–Crippen MR) is 159 cm³/mol. The summed E-state index contributed by atoms with van der Waals surface area (Å²) in [4.78, 5) is 59.6. The Kier molecular flexibility index (Phi) is 8.40. The Morgan fingerprint density at radius 1 is 1.16 bits per heavy atom. The maximum Gasteiger partial charge on any atom is 0.338 e. The molecule has 43 heavy (non-hydrogen) atoms. The molecule has 1 aliphatic heterocycles. The second kappa shape index (κ2) is 12.2. The second-order valence-corrected chi connectivity index (χ2v) is 11.1. The number of esters is 2. The number of Topliss-reactive ketones (excluding diaryl/α,β-unsaturated/α-hetero) is 1. The van der Waals surface area contributed by atoms with Gasteiger partial charge in [0.05, 0.1) is 35.3 Å². The normalized spacial score (nSPS) is 20.1. The average molecular weight is 603 g/mol. The smallest absolute Gasteiger partial charge is 0.338 e. The van der Waals surface area contributed by atoms with E-state index in [4.69, 9.17) is 15.2 Å². The molecule has 0 saturated heterocycles. The Morgan fingerprint density at radius 3 is 2.56 bits per heavy atom. The lowest BCUT2D eigenvalue weighted by Gasteiger charge is -2.44. The van der Waals surface area contributed by atoms with E-state index in [1.807, 2.05) is 17.5 Å². The van der Waals surface area contributed by atoms with E-state index < -0.39 is 40.4 Å². The van der Waals surface area contributed by atoms with Crippen LogP contribution in [0.2, 0.25) is 0 Å². The van der Waals surface area contributed by atoms with Crippen LogP contribution in [0.5, 0.6) is 0 Å². The van der Waals surface area contributed by atoms with Gasteiger partial charge >= 0.3 is 11.9 Å². The number of thiophene rings is 1. The average Bonchev–Trinajstić information content (AvgIpc) is 3.52. The topological polar surface area (TPSA) is 155 Å². The highest BCUT2D eigenvalue weighted by Crippen LogP contribution is 2.52. The lowest BCUT2D eigenvalue weighted by atomic mass is 9.68. The number of aromatic nitrogens is 1. The van der Waals surface area contributed by atoms with Crippen molar-refractivity contribution in [3.05, 3.63) is 109 Å². The van der Waals surface area contributed by atoms with Crippen LogP contribution in [0.4, 0.5) is 11.4 Å². The van der Waals surface area contributed by atoms with Crippen LogP contribution in [-0.2, 0) is 23.9 Å². The van der Waals surface area contributed by atoms with Gasteiger partial charge in [-0.05, 0) is 55.8 Å². The maximum atomic E-state index is 14.7. The van der Waals surface area contributed by atoms with Crippen LogP contribution in [0, 0.1) is 23.0 Å². The summed E-state index contributed by atoms with van der Waals surface area (Å²) in [6.45, 7) is 5.20. The van der Waals surface area contributed by atoms with Crippen LogP contribution in [0.15, 0.2) is 82.9 Å². The van der Waals surface area contributed by atoms with Gasteiger partial charge in [0.15, 0.2) is 5.78 Å². The summed E-state index contributed by atoms with van der Waals surface area (Å²) in [5, 5.41) is 13.7. The van der Waals surface area contributed by atoms with Gasteiger partial charge in [-0.2, -0.15) is 0 Å². The van der Waals surface area contributed by atoms with Crippen LogP contribution < -0.4 is 10.6 Å². The molecule has 0 radical (unpaired) electrons. The fraction of sp³-hybridized carbons (Fsp3) is 0.290. The zero-order chi connectivity index (χ0) is 30.8. The molecule has 1 aromatic carbocycles. The largest absolute Gasteiger partial charge is 0.465 e. The van der Waals surface area contributed by atoms with Gasteiger partial charge in [-0.1, -0.05) is 18.2 Å². The number of carbonyl (C=O) groups excluding carboxylic acids is 3. The minimum absolute atomic E-state index is 0.0231. The monoisotopic (exact) mass is 602 g/mol. The summed E-state index contributed by atoms with van der Waals surface area (Å²) in [6, 6.07) is 11.4. The molecule has 2 N–H and O–H groups in total. The molecule has 1 aliphatic carbocycles. The SMILES string of the molecule is CCOC(=O)C1=C(N)N(c2cc([N+](=O)[O-])ccc2C)C2=C(C(=O)[C@H](C(=O)OCC)[C@H](c3cccs3)C2)[C@H]1c1cccnc1. The highest BCUT2D eigenvalue weighted by Gasteiger charge is 2.52. The van der Waals surface area contributed by atoms with E-state index in [0.717, 1.165) is 4.88 Å². The third-order valence-electron chi connectivity index (χ3n) is 7.65. The van der Waals surface area contributed by atoms with E-state index in [1.165, 1.54) is 34.6 Å². The van der Waals surface area contributed by atoms with E-state index in [1.54, 1.807) is 45.2 Å². The Bertz CT molecular complexity index is 1650. The third kappa shape index (κ3) is 5.29. The van der Waals surface area contributed by atoms with E-state index in [-0.39, 0.29) is 42.3 Å². The van der Waals surface area contributed by atoms with Gasteiger partial charge in [-0.3, -0.25) is 29.6 Å². The van der Waals surface area contributed by atoms with Gasteiger partial charge in [0, 0.05) is 46.6 Å². The van der Waals surface area contributed by atoms with E-state index in [9.17, 15) is 24.5 Å². The Balaban J connectivity index is 1.85. The van der Waals surface area contributed by atoms with Crippen molar-refractivity contribution in [2.75, 3.05) is 18.1 Å². The molecule has 222 valence electrons. The maximum absolute atomic E-state index is 14.7. The first-order valence-electron chi connectivity index (χ1n) is 13.8. The molecule has 0 bridgehead atoms. The molecule has 0 spiro atoms.